The van der Waals surface area contributed by atoms with Crippen molar-refractivity contribution < 1.29 is 9.47 Å². The van der Waals surface area contributed by atoms with E-state index in [9.17, 15) is 0 Å². The fourth-order valence-corrected chi connectivity index (χ4v) is 11.0. The molecule has 0 heterocycles. The largest absolute Gasteiger partial charge is 0.493 e. The van der Waals surface area contributed by atoms with Crippen LogP contribution in [0.4, 0.5) is 0 Å². The van der Waals surface area contributed by atoms with Crippen LogP contribution in [0.25, 0.3) is 0 Å². The minimum atomic E-state index is -1.69. The van der Waals surface area contributed by atoms with E-state index in [-0.39, 0.29) is 0 Å². The zero-order valence-electron chi connectivity index (χ0n) is 26.5. The molecule has 0 aliphatic rings. The zero-order valence-corrected chi connectivity index (χ0v) is 27.4. The Balaban J connectivity index is 1.28. The van der Waals surface area contributed by atoms with E-state index in [2.05, 4.69) is 112 Å². The summed E-state index contributed by atoms with van der Waals surface area (Å²) in [5.41, 5.74) is 5.23. The van der Waals surface area contributed by atoms with Crippen LogP contribution in [0.1, 0.15) is 73.6 Å². The Hall–Kier alpha value is -3.09. The van der Waals surface area contributed by atoms with Crippen molar-refractivity contribution in [1.29, 1.82) is 0 Å². The van der Waals surface area contributed by atoms with Crippen molar-refractivity contribution >= 4 is 23.2 Å². The molecule has 0 N–H and O–H groups in total. The third-order valence-corrected chi connectivity index (χ3v) is 13.6. The average Bonchev–Trinajstić information content (AvgIpc) is 3.04. The van der Waals surface area contributed by atoms with Crippen molar-refractivity contribution in [3.8, 4) is 11.5 Å². The van der Waals surface area contributed by atoms with Gasteiger partial charge in [0.05, 0.1) is 20.4 Å². The van der Waals surface area contributed by atoms with E-state index in [0.29, 0.717) is 0 Å². The van der Waals surface area contributed by atoms with Gasteiger partial charge in [0, 0.05) is 0 Å². The van der Waals surface area contributed by atoms with Gasteiger partial charge in [-0.3, -0.25) is 0 Å². The second kappa shape index (κ2) is 15.9. The molecular weight excluding hydrogens is 531 g/mol. The lowest BCUT2D eigenvalue weighted by molar-refractivity contribution is 0.350. The summed E-state index contributed by atoms with van der Waals surface area (Å²) in [6.07, 6.45) is 12.7. The standard InChI is InChI=1S/C39H50O2P/c1-31-32(2)38(40-4)39(41-5)33(3)37(31)29-21-10-8-6-7-9-11-22-30-42(34-23-15-12-16-24-34,35-25-17-13-18-26-35)36-27-19-14-20-28-36/h12-20,23-28H,6-11,21-22,29-30H2,1-5H3/q+1. The maximum Gasteiger partial charge on any atom is 0.164 e. The molecule has 0 aliphatic heterocycles. The molecule has 0 spiro atoms. The molecule has 4 aromatic rings. The molecule has 0 fully saturated rings. The third-order valence-electron chi connectivity index (χ3n) is 9.02. The van der Waals surface area contributed by atoms with E-state index in [1.165, 1.54) is 95.7 Å². The summed E-state index contributed by atoms with van der Waals surface area (Å²) in [5.74, 6) is 1.78. The fourth-order valence-electron chi connectivity index (χ4n) is 6.62. The third kappa shape index (κ3) is 7.27. The molecule has 222 valence electrons. The summed E-state index contributed by atoms with van der Waals surface area (Å²) in [7, 11) is 1.79. The van der Waals surface area contributed by atoms with Crippen LogP contribution in [0.5, 0.6) is 11.5 Å². The first-order chi connectivity index (χ1) is 20.5. The topological polar surface area (TPSA) is 18.5 Å². The van der Waals surface area contributed by atoms with Crippen molar-refractivity contribution in [2.24, 2.45) is 0 Å². The second-order valence-electron chi connectivity index (χ2n) is 11.5. The summed E-state index contributed by atoms with van der Waals surface area (Å²) in [6, 6.07) is 33.9. The lowest BCUT2D eigenvalue weighted by Crippen LogP contribution is -2.33. The van der Waals surface area contributed by atoms with E-state index in [1.807, 2.05) is 0 Å². The second-order valence-corrected chi connectivity index (χ2v) is 15.2. The van der Waals surface area contributed by atoms with Gasteiger partial charge in [0.1, 0.15) is 23.2 Å². The molecule has 0 unspecified atom stereocenters. The highest BCUT2D eigenvalue weighted by molar-refractivity contribution is 7.95. The van der Waals surface area contributed by atoms with Crippen LogP contribution >= 0.6 is 7.26 Å². The molecule has 0 saturated heterocycles. The summed E-state index contributed by atoms with van der Waals surface area (Å²) in [4.78, 5) is 0. The summed E-state index contributed by atoms with van der Waals surface area (Å²) in [6.45, 7) is 6.54. The summed E-state index contributed by atoms with van der Waals surface area (Å²) in [5, 5.41) is 4.49. The van der Waals surface area contributed by atoms with E-state index in [0.717, 1.165) is 17.9 Å². The molecular formula is C39H50O2P+. The van der Waals surface area contributed by atoms with Gasteiger partial charge in [-0.1, -0.05) is 86.7 Å². The lowest BCUT2D eigenvalue weighted by Gasteiger charge is -2.27. The van der Waals surface area contributed by atoms with Crippen molar-refractivity contribution in [3.63, 3.8) is 0 Å². The Morgan fingerprint density at radius 1 is 0.452 bits per heavy atom. The van der Waals surface area contributed by atoms with E-state index in [1.54, 1.807) is 14.2 Å². The van der Waals surface area contributed by atoms with Crippen LogP contribution < -0.4 is 25.4 Å². The summed E-state index contributed by atoms with van der Waals surface area (Å²) < 4.78 is 11.4. The SMILES string of the molecule is COc1c(C)c(C)c(CCCCCCCCCC[P+](c2ccccc2)(c2ccccc2)c2ccccc2)c(C)c1OC. The van der Waals surface area contributed by atoms with Gasteiger partial charge in [-0.05, 0) is 105 Å². The normalized spacial score (nSPS) is 11.5. The van der Waals surface area contributed by atoms with Crippen LogP contribution in [0, 0.1) is 20.8 Å². The fraction of sp³-hybridized carbons (Fsp3) is 0.385. The minimum Gasteiger partial charge on any atom is -0.493 e. The lowest BCUT2D eigenvalue weighted by atomic mass is 9.92. The first-order valence-electron chi connectivity index (χ1n) is 15.8. The molecule has 0 saturated carbocycles. The van der Waals surface area contributed by atoms with Gasteiger partial charge >= 0.3 is 0 Å². The molecule has 42 heavy (non-hydrogen) atoms. The van der Waals surface area contributed by atoms with Crippen molar-refractivity contribution in [2.75, 3.05) is 20.4 Å². The number of methoxy groups -OCH3 is 2. The molecule has 4 aromatic carbocycles. The zero-order chi connectivity index (χ0) is 29.8. The van der Waals surface area contributed by atoms with Crippen molar-refractivity contribution in [2.45, 2.75) is 78.6 Å². The molecule has 0 aliphatic carbocycles. The monoisotopic (exact) mass is 581 g/mol. The Kier molecular flexibility index (Phi) is 12.1. The first-order valence-corrected chi connectivity index (χ1v) is 17.8. The number of unbranched alkanes of at least 4 members (excludes halogenated alkanes) is 7. The molecule has 4 rings (SSSR count). The van der Waals surface area contributed by atoms with Crippen LogP contribution in [-0.4, -0.2) is 20.4 Å². The Morgan fingerprint density at radius 3 is 1.26 bits per heavy atom. The van der Waals surface area contributed by atoms with Crippen molar-refractivity contribution in [1.82, 2.24) is 0 Å². The van der Waals surface area contributed by atoms with Crippen LogP contribution in [0.3, 0.4) is 0 Å². The summed E-state index contributed by atoms with van der Waals surface area (Å²) >= 11 is 0. The Labute approximate surface area is 255 Å². The Morgan fingerprint density at radius 2 is 0.833 bits per heavy atom. The molecule has 3 heteroatoms. The van der Waals surface area contributed by atoms with Crippen LogP contribution in [0.15, 0.2) is 91.0 Å². The number of hydrogen-bond acceptors (Lipinski definition) is 2. The minimum absolute atomic E-state index is 0.881. The van der Waals surface area contributed by atoms with Crippen molar-refractivity contribution in [3.05, 3.63) is 113 Å². The van der Waals surface area contributed by atoms with Gasteiger partial charge in [0.2, 0.25) is 0 Å². The molecule has 2 nitrogen and oxygen atoms in total. The quantitative estimate of drug-likeness (QED) is 0.0970. The average molecular weight is 582 g/mol. The van der Waals surface area contributed by atoms with E-state index >= 15 is 0 Å². The molecule has 0 radical (unpaired) electrons. The molecule has 0 bridgehead atoms. The van der Waals surface area contributed by atoms with E-state index < -0.39 is 7.26 Å². The highest BCUT2D eigenvalue weighted by Crippen LogP contribution is 2.56. The maximum atomic E-state index is 5.71. The van der Waals surface area contributed by atoms with Gasteiger partial charge < -0.3 is 9.47 Å². The predicted molar refractivity (Wildman–Crippen MR) is 184 cm³/mol. The Bertz CT molecular complexity index is 1270. The first kappa shape index (κ1) is 31.8. The smallest absolute Gasteiger partial charge is 0.164 e. The number of hydrogen-bond donors (Lipinski definition) is 0. The van der Waals surface area contributed by atoms with Gasteiger partial charge in [-0.2, -0.15) is 0 Å². The predicted octanol–water partition coefficient (Wildman–Crippen LogP) is 9.29. The van der Waals surface area contributed by atoms with E-state index in [4.69, 9.17) is 9.47 Å². The maximum absolute atomic E-state index is 5.71. The number of benzene rings is 4. The van der Waals surface area contributed by atoms with Gasteiger partial charge in [-0.25, -0.2) is 0 Å². The highest BCUT2D eigenvalue weighted by atomic mass is 31.2. The number of ether oxygens (including phenoxy) is 2. The van der Waals surface area contributed by atoms with Gasteiger partial charge in [-0.15, -0.1) is 0 Å². The number of rotatable bonds is 16. The highest BCUT2D eigenvalue weighted by Gasteiger charge is 2.44. The molecule has 0 atom stereocenters. The van der Waals surface area contributed by atoms with Crippen LogP contribution in [0.2, 0.25) is 0 Å². The molecule has 0 aromatic heterocycles. The van der Waals surface area contributed by atoms with Crippen LogP contribution in [-0.2, 0) is 6.42 Å². The van der Waals surface area contributed by atoms with Gasteiger partial charge in [0.25, 0.3) is 0 Å². The molecule has 0 amide bonds. The van der Waals surface area contributed by atoms with Gasteiger partial charge in [0.15, 0.2) is 11.5 Å².